The molecule has 64 valence electrons. The minimum atomic E-state index is 0.515. The topological polar surface area (TPSA) is 0 Å². The molecule has 0 N–H and O–H groups in total. The lowest BCUT2D eigenvalue weighted by molar-refractivity contribution is 0.330. The molecule has 0 aromatic carbocycles. The molecule has 1 aliphatic carbocycles. The molecular weight excluding hydrogens is 268 g/mol. The molecule has 1 aliphatic rings. The predicted octanol–water partition coefficient (Wildman–Crippen LogP) is 4.09. The third-order valence-corrected chi connectivity index (χ3v) is 4.00. The van der Waals surface area contributed by atoms with Crippen LogP contribution >= 0.6 is 31.9 Å². The molecule has 0 radical (unpaired) electrons. The molecule has 0 atom stereocenters. The van der Waals surface area contributed by atoms with Crippen molar-refractivity contribution in [2.75, 3.05) is 0 Å². The number of hydrogen-bond acceptors (Lipinski definition) is 0. The van der Waals surface area contributed by atoms with Crippen LogP contribution in [0.5, 0.6) is 0 Å². The normalized spacial score (nSPS) is 32.3. The Morgan fingerprint density at radius 1 is 1.18 bits per heavy atom. The van der Waals surface area contributed by atoms with Crippen LogP contribution in [0.3, 0.4) is 0 Å². The van der Waals surface area contributed by atoms with E-state index in [0.29, 0.717) is 3.74 Å². The van der Waals surface area contributed by atoms with Crippen LogP contribution in [-0.4, -0.2) is 3.74 Å². The van der Waals surface area contributed by atoms with Crippen LogP contribution in [0.1, 0.15) is 25.7 Å². The van der Waals surface area contributed by atoms with Crippen LogP contribution in [0.15, 0.2) is 12.7 Å². The van der Waals surface area contributed by atoms with E-state index >= 15 is 0 Å². The minimum Gasteiger partial charge on any atom is -0.103 e. The Morgan fingerprint density at radius 3 is 2.09 bits per heavy atom. The molecule has 0 aliphatic heterocycles. The van der Waals surface area contributed by atoms with Gasteiger partial charge in [-0.05, 0) is 37.5 Å². The second-order valence-corrected chi connectivity index (χ2v) is 6.45. The Labute approximate surface area is 85.7 Å². The molecule has 0 bridgehead atoms. The monoisotopic (exact) mass is 280 g/mol. The van der Waals surface area contributed by atoms with Crippen LogP contribution in [0.4, 0.5) is 0 Å². The van der Waals surface area contributed by atoms with Gasteiger partial charge in [-0.15, -0.1) is 6.58 Å². The SMILES string of the molecule is C=CC1CCC(C(Br)Br)CC1. The van der Waals surface area contributed by atoms with Crippen molar-refractivity contribution in [2.24, 2.45) is 11.8 Å². The van der Waals surface area contributed by atoms with Crippen LogP contribution in [-0.2, 0) is 0 Å². The highest BCUT2D eigenvalue weighted by molar-refractivity contribution is 9.24. The third kappa shape index (κ3) is 2.90. The van der Waals surface area contributed by atoms with E-state index in [9.17, 15) is 0 Å². The maximum absolute atomic E-state index is 3.83. The average molecular weight is 282 g/mol. The first-order valence-corrected chi connectivity index (χ1v) is 5.98. The summed E-state index contributed by atoms with van der Waals surface area (Å²) in [6.45, 7) is 3.83. The molecule has 0 aromatic rings. The largest absolute Gasteiger partial charge is 0.103 e. The molecule has 0 aromatic heterocycles. The second-order valence-electron chi connectivity index (χ2n) is 3.25. The molecule has 1 saturated carbocycles. The summed E-state index contributed by atoms with van der Waals surface area (Å²) < 4.78 is 0.515. The number of halogens is 2. The fourth-order valence-corrected chi connectivity index (χ4v) is 2.69. The van der Waals surface area contributed by atoms with Crippen molar-refractivity contribution < 1.29 is 0 Å². The van der Waals surface area contributed by atoms with E-state index in [1.54, 1.807) is 0 Å². The molecule has 2 heteroatoms. The average Bonchev–Trinajstić information content (AvgIpc) is 2.05. The quantitative estimate of drug-likeness (QED) is 0.528. The highest BCUT2D eigenvalue weighted by Crippen LogP contribution is 2.35. The summed E-state index contributed by atoms with van der Waals surface area (Å²) >= 11 is 7.14. The molecule has 0 heterocycles. The van der Waals surface area contributed by atoms with E-state index in [4.69, 9.17) is 0 Å². The zero-order valence-electron chi connectivity index (χ0n) is 6.60. The maximum atomic E-state index is 3.83. The van der Waals surface area contributed by atoms with Crippen molar-refractivity contribution in [1.82, 2.24) is 0 Å². The van der Waals surface area contributed by atoms with Gasteiger partial charge < -0.3 is 0 Å². The number of alkyl halides is 2. The molecule has 11 heavy (non-hydrogen) atoms. The zero-order chi connectivity index (χ0) is 8.27. The molecular formula is C9H14Br2. The van der Waals surface area contributed by atoms with Gasteiger partial charge in [-0.2, -0.15) is 0 Å². The van der Waals surface area contributed by atoms with Crippen LogP contribution in [0.25, 0.3) is 0 Å². The molecule has 0 spiro atoms. The zero-order valence-corrected chi connectivity index (χ0v) is 9.77. The minimum absolute atomic E-state index is 0.515. The summed E-state index contributed by atoms with van der Waals surface area (Å²) in [5.74, 6) is 1.61. The molecule has 0 nitrogen and oxygen atoms in total. The van der Waals surface area contributed by atoms with Crippen LogP contribution < -0.4 is 0 Å². The van der Waals surface area contributed by atoms with Gasteiger partial charge in [0.1, 0.15) is 0 Å². The van der Waals surface area contributed by atoms with Crippen molar-refractivity contribution >= 4 is 31.9 Å². The van der Waals surface area contributed by atoms with Gasteiger partial charge in [-0.25, -0.2) is 0 Å². The smallest absolute Gasteiger partial charge is 0.0726 e. The van der Waals surface area contributed by atoms with E-state index in [0.717, 1.165) is 11.8 Å². The Balaban J connectivity index is 2.29. The van der Waals surface area contributed by atoms with Crippen molar-refractivity contribution in [3.8, 4) is 0 Å². The van der Waals surface area contributed by atoms with Gasteiger partial charge in [0.2, 0.25) is 0 Å². The van der Waals surface area contributed by atoms with Crippen LogP contribution in [0.2, 0.25) is 0 Å². The lowest BCUT2D eigenvalue weighted by atomic mass is 9.83. The lowest BCUT2D eigenvalue weighted by Crippen LogP contribution is -2.17. The van der Waals surface area contributed by atoms with E-state index in [1.807, 2.05) is 0 Å². The third-order valence-electron chi connectivity index (χ3n) is 2.51. The van der Waals surface area contributed by atoms with E-state index < -0.39 is 0 Å². The van der Waals surface area contributed by atoms with Crippen molar-refractivity contribution in [3.05, 3.63) is 12.7 Å². The maximum Gasteiger partial charge on any atom is 0.0726 e. The van der Waals surface area contributed by atoms with Gasteiger partial charge in [-0.1, -0.05) is 37.9 Å². The first kappa shape index (κ1) is 9.79. The molecule has 0 unspecified atom stereocenters. The Kier molecular flexibility index (Phi) is 4.14. The Hall–Kier alpha value is 0.700. The first-order chi connectivity index (χ1) is 5.24. The number of hydrogen-bond donors (Lipinski definition) is 0. The molecule has 1 fully saturated rings. The van der Waals surface area contributed by atoms with Crippen molar-refractivity contribution in [2.45, 2.75) is 29.4 Å². The van der Waals surface area contributed by atoms with Gasteiger partial charge in [0.15, 0.2) is 0 Å². The highest BCUT2D eigenvalue weighted by atomic mass is 79.9. The Bertz CT molecular complexity index is 124. The molecule has 1 rings (SSSR count). The standard InChI is InChI=1S/C9H14Br2/c1-2-7-3-5-8(6-4-7)9(10)11/h2,7-9H,1,3-6H2. The summed E-state index contributed by atoms with van der Waals surface area (Å²) in [4.78, 5) is 0. The van der Waals surface area contributed by atoms with Crippen molar-refractivity contribution in [1.29, 1.82) is 0 Å². The molecule has 0 amide bonds. The highest BCUT2D eigenvalue weighted by Gasteiger charge is 2.22. The number of allylic oxidation sites excluding steroid dienone is 1. The summed E-state index contributed by atoms with van der Waals surface area (Å²) in [5, 5.41) is 0. The summed E-state index contributed by atoms with van der Waals surface area (Å²) in [6.07, 6.45) is 7.41. The van der Waals surface area contributed by atoms with Gasteiger partial charge in [0, 0.05) is 0 Å². The second kappa shape index (κ2) is 4.66. The fourth-order valence-electron chi connectivity index (χ4n) is 1.63. The number of rotatable bonds is 2. The van der Waals surface area contributed by atoms with Crippen LogP contribution in [0, 0.1) is 11.8 Å². The summed E-state index contributed by atoms with van der Waals surface area (Å²) in [5.41, 5.74) is 0. The van der Waals surface area contributed by atoms with Crippen molar-refractivity contribution in [3.63, 3.8) is 0 Å². The van der Waals surface area contributed by atoms with E-state index in [-0.39, 0.29) is 0 Å². The van der Waals surface area contributed by atoms with Gasteiger partial charge in [-0.3, -0.25) is 0 Å². The van der Waals surface area contributed by atoms with Gasteiger partial charge >= 0.3 is 0 Å². The van der Waals surface area contributed by atoms with Gasteiger partial charge in [0.05, 0.1) is 3.74 Å². The Morgan fingerprint density at radius 2 is 1.73 bits per heavy atom. The van der Waals surface area contributed by atoms with Gasteiger partial charge in [0.25, 0.3) is 0 Å². The first-order valence-electron chi connectivity index (χ1n) is 4.14. The predicted molar refractivity (Wildman–Crippen MR) is 57.3 cm³/mol. The molecule has 0 saturated heterocycles. The summed E-state index contributed by atoms with van der Waals surface area (Å²) in [6, 6.07) is 0. The fraction of sp³-hybridized carbons (Fsp3) is 0.778. The summed E-state index contributed by atoms with van der Waals surface area (Å²) in [7, 11) is 0. The lowest BCUT2D eigenvalue weighted by Gasteiger charge is -2.27. The van der Waals surface area contributed by atoms with E-state index in [1.165, 1.54) is 25.7 Å². The van der Waals surface area contributed by atoms with E-state index in [2.05, 4.69) is 44.5 Å².